The Kier molecular flexibility index (Phi) is 4.31. The molecule has 1 heterocycles. The van der Waals surface area contributed by atoms with Crippen molar-refractivity contribution in [1.29, 1.82) is 0 Å². The molecular weight excluding hydrogens is 305 g/mol. The lowest BCUT2D eigenvalue weighted by molar-refractivity contribution is -0.388. The van der Waals surface area contributed by atoms with E-state index in [4.69, 9.17) is 0 Å². The van der Waals surface area contributed by atoms with E-state index in [0.717, 1.165) is 12.1 Å². The number of H-pyrrole nitrogens is 1. The molecule has 1 aromatic carbocycles. The highest BCUT2D eigenvalue weighted by Gasteiger charge is 2.38. The molecule has 2 rings (SSSR count). The summed E-state index contributed by atoms with van der Waals surface area (Å²) in [7, 11) is 0. The van der Waals surface area contributed by atoms with Gasteiger partial charge in [0.2, 0.25) is 0 Å². The predicted octanol–water partition coefficient (Wildman–Crippen LogP) is 2.48. The number of anilines is 1. The number of rotatable bonds is 5. The van der Waals surface area contributed by atoms with E-state index in [0.29, 0.717) is 11.8 Å². The monoisotopic (exact) mass is 316 g/mol. The number of aromatic amines is 1. The Morgan fingerprint density at radius 1 is 1.45 bits per heavy atom. The van der Waals surface area contributed by atoms with Gasteiger partial charge in [-0.25, -0.2) is 4.98 Å². The average molecular weight is 316 g/mol. The summed E-state index contributed by atoms with van der Waals surface area (Å²) in [6, 6.07) is 2.55. The van der Waals surface area contributed by atoms with E-state index < -0.39 is 28.5 Å². The molecule has 3 N–H and O–H groups in total. The molecule has 1 aromatic heterocycles. The van der Waals surface area contributed by atoms with Gasteiger partial charge in [-0.3, -0.25) is 10.1 Å². The van der Waals surface area contributed by atoms with Crippen LogP contribution in [0.3, 0.4) is 0 Å². The summed E-state index contributed by atoms with van der Waals surface area (Å²) in [5, 5.41) is 23.0. The molecule has 1 atom stereocenters. The number of hydrogen-bond acceptors (Lipinski definition) is 5. The molecule has 0 bridgehead atoms. The van der Waals surface area contributed by atoms with Crippen molar-refractivity contribution in [3.05, 3.63) is 52.1 Å². The summed E-state index contributed by atoms with van der Waals surface area (Å²) in [4.78, 5) is 15.9. The minimum absolute atomic E-state index is 0.0106. The first-order chi connectivity index (χ1) is 10.3. The van der Waals surface area contributed by atoms with Crippen molar-refractivity contribution in [1.82, 2.24) is 9.97 Å². The summed E-state index contributed by atoms with van der Waals surface area (Å²) in [5.41, 5.74) is -1.97. The summed E-state index contributed by atoms with van der Waals surface area (Å²) in [5.74, 6) is 0. The van der Waals surface area contributed by atoms with Gasteiger partial charge in [-0.05, 0) is 12.1 Å². The first-order valence-corrected chi connectivity index (χ1v) is 6.05. The highest BCUT2D eigenvalue weighted by molar-refractivity contribution is 5.55. The molecular formula is C12H11F3N4O3. The Balaban J connectivity index is 2.17. The van der Waals surface area contributed by atoms with Crippen molar-refractivity contribution in [2.45, 2.75) is 12.3 Å². The minimum atomic E-state index is -4.85. The molecule has 2 aromatic rings. The van der Waals surface area contributed by atoms with Crippen molar-refractivity contribution in [3.8, 4) is 0 Å². The number of hydrogen-bond donors (Lipinski definition) is 3. The highest BCUT2D eigenvalue weighted by atomic mass is 19.4. The fourth-order valence-corrected chi connectivity index (χ4v) is 1.81. The number of aromatic nitrogens is 2. The van der Waals surface area contributed by atoms with Crippen LogP contribution in [-0.2, 0) is 6.18 Å². The number of halogens is 3. The number of imidazole rings is 1. The largest absolute Gasteiger partial charge is 0.423 e. The number of nitro groups is 1. The zero-order valence-corrected chi connectivity index (χ0v) is 11.0. The van der Waals surface area contributed by atoms with Crippen molar-refractivity contribution in [3.63, 3.8) is 0 Å². The van der Waals surface area contributed by atoms with Crippen LogP contribution in [0.1, 0.15) is 17.4 Å². The summed E-state index contributed by atoms with van der Waals surface area (Å²) >= 11 is 0. The number of nitrogens with one attached hydrogen (secondary N) is 2. The van der Waals surface area contributed by atoms with Gasteiger partial charge in [0.15, 0.2) is 0 Å². The first-order valence-electron chi connectivity index (χ1n) is 6.05. The number of aliphatic hydroxyl groups excluding tert-OH is 1. The van der Waals surface area contributed by atoms with E-state index in [1.807, 2.05) is 0 Å². The van der Waals surface area contributed by atoms with Crippen molar-refractivity contribution in [2.75, 3.05) is 11.9 Å². The Morgan fingerprint density at radius 3 is 2.73 bits per heavy atom. The second-order valence-electron chi connectivity index (χ2n) is 4.39. The summed E-state index contributed by atoms with van der Waals surface area (Å²) < 4.78 is 38.4. The number of nitro benzene ring substituents is 1. The van der Waals surface area contributed by atoms with Gasteiger partial charge in [0.1, 0.15) is 11.7 Å². The quantitative estimate of drug-likeness (QED) is 0.580. The molecule has 0 aliphatic rings. The van der Waals surface area contributed by atoms with Crippen LogP contribution in [-0.4, -0.2) is 26.5 Å². The Bertz CT molecular complexity index is 658. The first kappa shape index (κ1) is 15.8. The van der Waals surface area contributed by atoms with E-state index >= 15 is 0 Å². The Hall–Kier alpha value is -2.62. The normalized spacial score (nSPS) is 12.9. The minimum Gasteiger partial charge on any atom is -0.385 e. The maximum Gasteiger partial charge on any atom is 0.423 e. The average Bonchev–Trinajstić information content (AvgIpc) is 2.97. The van der Waals surface area contributed by atoms with E-state index in [1.165, 1.54) is 12.5 Å². The van der Waals surface area contributed by atoms with Crippen molar-refractivity contribution in [2.24, 2.45) is 0 Å². The molecule has 1 unspecified atom stereocenters. The third-order valence-corrected chi connectivity index (χ3v) is 2.88. The van der Waals surface area contributed by atoms with E-state index in [1.54, 1.807) is 0 Å². The van der Waals surface area contributed by atoms with Crippen LogP contribution in [0.2, 0.25) is 0 Å². The van der Waals surface area contributed by atoms with Gasteiger partial charge in [0.05, 0.1) is 23.1 Å². The maximum atomic E-state index is 12.8. The molecule has 10 heteroatoms. The van der Waals surface area contributed by atoms with Gasteiger partial charge in [0, 0.05) is 18.3 Å². The molecule has 22 heavy (non-hydrogen) atoms. The third kappa shape index (κ3) is 3.52. The smallest absolute Gasteiger partial charge is 0.385 e. The maximum absolute atomic E-state index is 12.8. The van der Waals surface area contributed by atoms with Crippen molar-refractivity contribution >= 4 is 11.4 Å². The predicted molar refractivity (Wildman–Crippen MR) is 70.1 cm³/mol. The van der Waals surface area contributed by atoms with Gasteiger partial charge < -0.3 is 15.4 Å². The Labute approximate surface area is 122 Å². The molecule has 0 spiro atoms. The molecule has 0 amide bonds. The summed E-state index contributed by atoms with van der Waals surface area (Å²) in [6.07, 6.45) is -3.12. The van der Waals surface area contributed by atoms with Crippen molar-refractivity contribution < 1.29 is 23.2 Å². The molecule has 7 nitrogen and oxygen atoms in total. The zero-order valence-electron chi connectivity index (χ0n) is 11.0. The number of nitrogens with zero attached hydrogens (tertiary/aromatic N) is 2. The van der Waals surface area contributed by atoms with Gasteiger partial charge in [-0.15, -0.1) is 0 Å². The standard InChI is InChI=1S/C12H11F3N4O3/c13-12(14,15)8-3-7(1-2-10(8)19(21)22)17-5-11(20)9-4-16-6-18-9/h1-4,6,11,17,20H,5H2,(H,16,18). The number of benzene rings is 1. The van der Waals surface area contributed by atoms with Crippen LogP contribution in [0.5, 0.6) is 0 Å². The van der Waals surface area contributed by atoms with E-state index in [2.05, 4.69) is 15.3 Å². The lowest BCUT2D eigenvalue weighted by Crippen LogP contribution is -2.14. The van der Waals surface area contributed by atoms with E-state index in [-0.39, 0.29) is 12.2 Å². The van der Waals surface area contributed by atoms with Gasteiger partial charge in [-0.1, -0.05) is 0 Å². The second kappa shape index (κ2) is 6.02. The molecule has 0 aliphatic carbocycles. The second-order valence-corrected chi connectivity index (χ2v) is 4.39. The van der Waals surface area contributed by atoms with Gasteiger partial charge in [-0.2, -0.15) is 13.2 Å². The number of alkyl halides is 3. The van der Waals surface area contributed by atoms with Gasteiger partial charge >= 0.3 is 6.18 Å². The van der Waals surface area contributed by atoms with Crippen LogP contribution in [0, 0.1) is 10.1 Å². The van der Waals surface area contributed by atoms with Crippen LogP contribution in [0.25, 0.3) is 0 Å². The van der Waals surface area contributed by atoms with Crippen LogP contribution in [0.4, 0.5) is 24.5 Å². The SMILES string of the molecule is O=[N+]([O-])c1ccc(NCC(O)c2cnc[nH]2)cc1C(F)(F)F. The fraction of sp³-hybridized carbons (Fsp3) is 0.250. The molecule has 0 fully saturated rings. The lowest BCUT2D eigenvalue weighted by Gasteiger charge is -2.13. The van der Waals surface area contributed by atoms with Crippen LogP contribution < -0.4 is 5.32 Å². The Morgan fingerprint density at radius 2 is 2.18 bits per heavy atom. The molecule has 0 saturated carbocycles. The highest BCUT2D eigenvalue weighted by Crippen LogP contribution is 2.37. The topological polar surface area (TPSA) is 104 Å². The fourth-order valence-electron chi connectivity index (χ4n) is 1.81. The van der Waals surface area contributed by atoms with Gasteiger partial charge in [0.25, 0.3) is 5.69 Å². The number of aliphatic hydroxyl groups is 1. The lowest BCUT2D eigenvalue weighted by atomic mass is 10.1. The molecule has 118 valence electrons. The van der Waals surface area contributed by atoms with E-state index in [9.17, 15) is 28.4 Å². The summed E-state index contributed by atoms with van der Waals surface area (Å²) in [6.45, 7) is -0.0860. The van der Waals surface area contributed by atoms with Crippen LogP contribution in [0.15, 0.2) is 30.7 Å². The zero-order chi connectivity index (χ0) is 16.3. The molecule has 0 radical (unpaired) electrons. The van der Waals surface area contributed by atoms with Crippen LogP contribution >= 0.6 is 0 Å². The molecule has 0 aliphatic heterocycles. The third-order valence-electron chi connectivity index (χ3n) is 2.88. The molecule has 0 saturated heterocycles.